The second kappa shape index (κ2) is 5.35. The molecule has 0 unspecified atom stereocenters. The molecule has 4 heteroatoms. The molecule has 1 N–H and O–H groups in total. The molecule has 0 spiro atoms. The number of nitrogens with one attached hydrogen (secondary N) is 1. The SMILES string of the molecule is Clc1cccc(OC[C@H]2CNCCO2)c1. The second-order valence-corrected chi connectivity index (χ2v) is 3.90. The van der Waals surface area contributed by atoms with Crippen LogP contribution in [0.25, 0.3) is 0 Å². The van der Waals surface area contributed by atoms with E-state index < -0.39 is 0 Å². The largest absolute Gasteiger partial charge is 0.491 e. The number of hydrogen-bond donors (Lipinski definition) is 1. The van der Waals surface area contributed by atoms with Gasteiger partial charge in [-0.3, -0.25) is 0 Å². The van der Waals surface area contributed by atoms with Crippen molar-refractivity contribution in [1.82, 2.24) is 5.32 Å². The van der Waals surface area contributed by atoms with Gasteiger partial charge in [0.1, 0.15) is 18.5 Å². The van der Waals surface area contributed by atoms with Gasteiger partial charge in [0.2, 0.25) is 0 Å². The Labute approximate surface area is 94.3 Å². The monoisotopic (exact) mass is 227 g/mol. The molecule has 0 radical (unpaired) electrons. The number of benzene rings is 1. The molecule has 0 saturated carbocycles. The maximum atomic E-state index is 5.84. The molecule has 1 aliphatic rings. The quantitative estimate of drug-likeness (QED) is 0.853. The van der Waals surface area contributed by atoms with Crippen LogP contribution in [-0.2, 0) is 4.74 Å². The lowest BCUT2D eigenvalue weighted by molar-refractivity contribution is 0.000197. The number of ether oxygens (including phenoxy) is 2. The molecule has 2 rings (SSSR count). The van der Waals surface area contributed by atoms with Gasteiger partial charge < -0.3 is 14.8 Å². The lowest BCUT2D eigenvalue weighted by atomic mass is 10.3. The zero-order chi connectivity index (χ0) is 10.5. The summed E-state index contributed by atoms with van der Waals surface area (Å²) in [7, 11) is 0. The molecule has 0 aromatic heterocycles. The van der Waals surface area contributed by atoms with Crippen LogP contribution in [0, 0.1) is 0 Å². The minimum atomic E-state index is 0.137. The summed E-state index contributed by atoms with van der Waals surface area (Å²) >= 11 is 5.84. The van der Waals surface area contributed by atoms with Crippen LogP contribution in [0.2, 0.25) is 5.02 Å². The Morgan fingerprint density at radius 3 is 3.20 bits per heavy atom. The summed E-state index contributed by atoms with van der Waals surface area (Å²) in [6.07, 6.45) is 0.137. The maximum Gasteiger partial charge on any atom is 0.120 e. The van der Waals surface area contributed by atoms with Gasteiger partial charge in [-0.25, -0.2) is 0 Å². The molecule has 15 heavy (non-hydrogen) atoms. The first kappa shape index (κ1) is 10.7. The van der Waals surface area contributed by atoms with E-state index in [1.165, 1.54) is 0 Å². The van der Waals surface area contributed by atoms with Gasteiger partial charge in [-0.15, -0.1) is 0 Å². The Hall–Kier alpha value is -0.770. The van der Waals surface area contributed by atoms with Crippen LogP contribution < -0.4 is 10.1 Å². The van der Waals surface area contributed by atoms with Crippen molar-refractivity contribution < 1.29 is 9.47 Å². The van der Waals surface area contributed by atoms with Gasteiger partial charge in [0.15, 0.2) is 0 Å². The van der Waals surface area contributed by atoms with Crippen molar-refractivity contribution in [2.45, 2.75) is 6.10 Å². The first-order valence-electron chi connectivity index (χ1n) is 5.05. The molecule has 1 saturated heterocycles. The standard InChI is InChI=1S/C11H14ClNO2/c12-9-2-1-3-10(6-9)15-8-11-7-13-4-5-14-11/h1-3,6,11,13H,4-5,7-8H2/t11-/m1/s1. The van der Waals surface area contributed by atoms with Crippen LogP contribution in [0.15, 0.2) is 24.3 Å². The minimum Gasteiger partial charge on any atom is -0.491 e. The van der Waals surface area contributed by atoms with E-state index in [9.17, 15) is 0 Å². The van der Waals surface area contributed by atoms with E-state index in [1.54, 1.807) is 6.07 Å². The number of rotatable bonds is 3. The highest BCUT2D eigenvalue weighted by atomic mass is 35.5. The Kier molecular flexibility index (Phi) is 3.83. The normalized spacial score (nSPS) is 21.3. The Balaban J connectivity index is 1.81. The molecular formula is C11H14ClNO2. The molecule has 1 aromatic rings. The zero-order valence-electron chi connectivity index (χ0n) is 8.41. The highest BCUT2D eigenvalue weighted by Crippen LogP contribution is 2.17. The van der Waals surface area contributed by atoms with E-state index in [0.29, 0.717) is 11.6 Å². The van der Waals surface area contributed by atoms with E-state index in [4.69, 9.17) is 21.1 Å². The highest BCUT2D eigenvalue weighted by molar-refractivity contribution is 6.30. The van der Waals surface area contributed by atoms with Gasteiger partial charge in [-0.05, 0) is 18.2 Å². The summed E-state index contributed by atoms with van der Waals surface area (Å²) in [5.41, 5.74) is 0. The van der Waals surface area contributed by atoms with Gasteiger partial charge in [-0.2, -0.15) is 0 Å². The average Bonchev–Trinajstić information content (AvgIpc) is 2.28. The smallest absolute Gasteiger partial charge is 0.120 e. The number of morpholine rings is 1. The number of hydrogen-bond acceptors (Lipinski definition) is 3. The molecule has 0 aliphatic carbocycles. The molecule has 1 fully saturated rings. The van der Waals surface area contributed by atoms with Crippen molar-refractivity contribution >= 4 is 11.6 Å². The fourth-order valence-corrected chi connectivity index (χ4v) is 1.65. The highest BCUT2D eigenvalue weighted by Gasteiger charge is 2.13. The summed E-state index contributed by atoms with van der Waals surface area (Å²) < 4.78 is 11.1. The lowest BCUT2D eigenvalue weighted by Gasteiger charge is -2.23. The van der Waals surface area contributed by atoms with Crippen LogP contribution in [0.1, 0.15) is 0 Å². The molecular weight excluding hydrogens is 214 g/mol. The van der Waals surface area contributed by atoms with E-state index >= 15 is 0 Å². The van der Waals surface area contributed by atoms with E-state index in [0.717, 1.165) is 25.4 Å². The zero-order valence-corrected chi connectivity index (χ0v) is 9.17. The lowest BCUT2D eigenvalue weighted by Crippen LogP contribution is -2.41. The maximum absolute atomic E-state index is 5.84. The van der Waals surface area contributed by atoms with Gasteiger partial charge >= 0.3 is 0 Å². The van der Waals surface area contributed by atoms with Gasteiger partial charge in [0.25, 0.3) is 0 Å². The third-order valence-corrected chi connectivity index (χ3v) is 2.47. The second-order valence-electron chi connectivity index (χ2n) is 3.47. The molecule has 1 heterocycles. The Bertz CT molecular complexity index is 313. The molecule has 1 atom stereocenters. The minimum absolute atomic E-state index is 0.137. The Morgan fingerprint density at radius 1 is 1.53 bits per heavy atom. The topological polar surface area (TPSA) is 30.5 Å². The summed E-state index contributed by atoms with van der Waals surface area (Å²) in [5.74, 6) is 0.789. The summed E-state index contributed by atoms with van der Waals surface area (Å²) in [4.78, 5) is 0. The summed E-state index contributed by atoms with van der Waals surface area (Å²) in [6, 6.07) is 7.39. The van der Waals surface area contributed by atoms with Crippen LogP contribution >= 0.6 is 11.6 Å². The average molecular weight is 228 g/mol. The van der Waals surface area contributed by atoms with E-state index in [2.05, 4.69) is 5.32 Å². The van der Waals surface area contributed by atoms with Gasteiger partial charge in [-0.1, -0.05) is 17.7 Å². The van der Waals surface area contributed by atoms with Crippen LogP contribution in [0.4, 0.5) is 0 Å². The molecule has 0 amide bonds. The molecule has 0 bridgehead atoms. The van der Waals surface area contributed by atoms with Gasteiger partial charge in [0.05, 0.1) is 6.61 Å². The number of halogens is 1. The van der Waals surface area contributed by atoms with Crippen molar-refractivity contribution in [1.29, 1.82) is 0 Å². The summed E-state index contributed by atoms with van der Waals surface area (Å²) in [6.45, 7) is 3.09. The van der Waals surface area contributed by atoms with Crippen molar-refractivity contribution in [3.05, 3.63) is 29.3 Å². The first-order valence-corrected chi connectivity index (χ1v) is 5.43. The predicted octanol–water partition coefficient (Wildman–Crippen LogP) is 1.71. The van der Waals surface area contributed by atoms with Crippen LogP contribution in [0.5, 0.6) is 5.75 Å². The molecule has 1 aliphatic heterocycles. The van der Waals surface area contributed by atoms with E-state index in [-0.39, 0.29) is 6.10 Å². The van der Waals surface area contributed by atoms with E-state index in [1.807, 2.05) is 18.2 Å². The van der Waals surface area contributed by atoms with Crippen LogP contribution in [0.3, 0.4) is 0 Å². The van der Waals surface area contributed by atoms with Crippen molar-refractivity contribution in [3.63, 3.8) is 0 Å². The molecule has 1 aromatic carbocycles. The molecule has 82 valence electrons. The van der Waals surface area contributed by atoms with Gasteiger partial charge in [0, 0.05) is 18.1 Å². The third-order valence-electron chi connectivity index (χ3n) is 2.24. The first-order chi connectivity index (χ1) is 7.34. The fraction of sp³-hybridized carbons (Fsp3) is 0.455. The summed E-state index contributed by atoms with van der Waals surface area (Å²) in [5, 5.41) is 3.94. The fourth-order valence-electron chi connectivity index (χ4n) is 1.47. The van der Waals surface area contributed by atoms with Crippen LogP contribution in [-0.4, -0.2) is 32.4 Å². The predicted molar refractivity (Wildman–Crippen MR) is 59.6 cm³/mol. The molecule has 3 nitrogen and oxygen atoms in total. The Morgan fingerprint density at radius 2 is 2.47 bits per heavy atom. The van der Waals surface area contributed by atoms with Crippen molar-refractivity contribution in [3.8, 4) is 5.75 Å². The van der Waals surface area contributed by atoms with Crippen molar-refractivity contribution in [2.24, 2.45) is 0 Å². The third kappa shape index (κ3) is 3.38. The van der Waals surface area contributed by atoms with Crippen molar-refractivity contribution in [2.75, 3.05) is 26.3 Å².